The van der Waals surface area contributed by atoms with Gasteiger partial charge in [-0.3, -0.25) is 9.59 Å². The Kier molecular flexibility index (Phi) is 49.6. The predicted octanol–water partition coefficient (Wildman–Crippen LogP) is 16.3. The molecule has 2 atom stereocenters. The monoisotopic (exact) mass is 860 g/mol. The van der Waals surface area contributed by atoms with Gasteiger partial charge < -0.3 is 20.3 Å². The van der Waals surface area contributed by atoms with E-state index < -0.39 is 12.1 Å². The summed E-state index contributed by atoms with van der Waals surface area (Å²) in [6, 6.07) is -0.637. The van der Waals surface area contributed by atoms with Crippen LogP contribution >= 0.6 is 0 Å². The van der Waals surface area contributed by atoms with Crippen molar-refractivity contribution in [3.8, 4) is 0 Å². The van der Waals surface area contributed by atoms with E-state index in [0.717, 1.165) is 64.2 Å². The van der Waals surface area contributed by atoms with Gasteiger partial charge in [-0.15, -0.1) is 0 Å². The van der Waals surface area contributed by atoms with E-state index in [1.807, 2.05) is 6.08 Å². The average Bonchev–Trinajstić information content (AvgIpc) is 3.26. The van der Waals surface area contributed by atoms with Crippen LogP contribution in [0, 0.1) is 0 Å². The van der Waals surface area contributed by atoms with Crippen LogP contribution in [0.25, 0.3) is 0 Å². The number of unbranched alkanes of at least 4 members (excludes halogenated alkanes) is 37. The number of carbonyl (C=O) groups is 2. The molecule has 0 heterocycles. The molecule has 0 aromatic heterocycles. The van der Waals surface area contributed by atoms with Crippen LogP contribution in [0.4, 0.5) is 0 Å². The molecule has 61 heavy (non-hydrogen) atoms. The molecule has 0 spiro atoms. The third-order valence-electron chi connectivity index (χ3n) is 12.5. The third-order valence-corrected chi connectivity index (χ3v) is 12.5. The fourth-order valence-corrected chi connectivity index (χ4v) is 8.27. The summed E-state index contributed by atoms with van der Waals surface area (Å²) in [4.78, 5) is 24.4. The molecule has 0 aromatic rings. The van der Waals surface area contributed by atoms with Gasteiger partial charge in [-0.2, -0.15) is 0 Å². The van der Waals surface area contributed by atoms with Crippen LogP contribution in [0.3, 0.4) is 0 Å². The summed E-state index contributed by atoms with van der Waals surface area (Å²) < 4.78 is 5.48. The zero-order valence-corrected chi connectivity index (χ0v) is 40.9. The van der Waals surface area contributed by atoms with Crippen LogP contribution in [-0.4, -0.2) is 47.4 Å². The number of amides is 1. The highest BCUT2D eigenvalue weighted by molar-refractivity contribution is 5.76. The molecule has 0 aliphatic carbocycles. The molecule has 2 unspecified atom stereocenters. The zero-order chi connectivity index (χ0) is 44.4. The average molecular weight is 860 g/mol. The molecule has 3 N–H and O–H groups in total. The van der Waals surface area contributed by atoms with Crippen LogP contribution in [0.1, 0.15) is 290 Å². The van der Waals surface area contributed by atoms with E-state index in [1.54, 1.807) is 6.08 Å². The summed E-state index contributed by atoms with van der Waals surface area (Å²) in [5.74, 6) is -0.0873. The van der Waals surface area contributed by atoms with Gasteiger partial charge in [0.25, 0.3) is 0 Å². The van der Waals surface area contributed by atoms with Gasteiger partial charge in [-0.1, -0.05) is 244 Å². The Morgan fingerprint density at radius 3 is 1.16 bits per heavy atom. The maximum atomic E-state index is 12.4. The number of carbonyl (C=O) groups excluding carboxylic acids is 2. The molecule has 0 saturated carbocycles. The first-order valence-corrected chi connectivity index (χ1v) is 27.1. The fourth-order valence-electron chi connectivity index (χ4n) is 8.27. The van der Waals surface area contributed by atoms with Gasteiger partial charge in [0.05, 0.1) is 25.4 Å². The normalized spacial score (nSPS) is 12.8. The summed E-state index contributed by atoms with van der Waals surface area (Å²) >= 11 is 0. The summed E-state index contributed by atoms with van der Waals surface area (Å²) in [6.07, 6.45) is 60.6. The fraction of sp³-hybridized carbons (Fsp3) is 0.891. The van der Waals surface area contributed by atoms with Crippen molar-refractivity contribution in [2.24, 2.45) is 0 Å². The van der Waals surface area contributed by atoms with Crippen molar-refractivity contribution in [1.29, 1.82) is 0 Å². The van der Waals surface area contributed by atoms with Crippen LogP contribution in [-0.2, 0) is 14.3 Å². The molecule has 0 radical (unpaired) electrons. The number of ether oxygens (including phenoxy) is 1. The number of hydrogen-bond acceptors (Lipinski definition) is 5. The second kappa shape index (κ2) is 51.0. The van der Waals surface area contributed by atoms with Crippen LogP contribution in [0.5, 0.6) is 0 Å². The predicted molar refractivity (Wildman–Crippen MR) is 264 cm³/mol. The number of allylic oxidation sites excluding steroid dienone is 3. The minimum atomic E-state index is -0.852. The van der Waals surface area contributed by atoms with Crippen molar-refractivity contribution in [2.75, 3.05) is 13.2 Å². The molecule has 0 rings (SSSR count). The topological polar surface area (TPSA) is 95.9 Å². The van der Waals surface area contributed by atoms with Crippen molar-refractivity contribution < 1.29 is 24.5 Å². The van der Waals surface area contributed by atoms with E-state index >= 15 is 0 Å². The second-order valence-corrected chi connectivity index (χ2v) is 18.6. The Morgan fingerprint density at radius 2 is 0.770 bits per heavy atom. The highest BCUT2D eigenvalue weighted by atomic mass is 16.5. The molecule has 360 valence electrons. The van der Waals surface area contributed by atoms with Gasteiger partial charge in [0.1, 0.15) is 0 Å². The van der Waals surface area contributed by atoms with E-state index in [9.17, 15) is 19.8 Å². The Morgan fingerprint density at radius 1 is 0.443 bits per heavy atom. The maximum absolute atomic E-state index is 12.4. The van der Waals surface area contributed by atoms with Crippen molar-refractivity contribution in [3.63, 3.8) is 0 Å². The lowest BCUT2D eigenvalue weighted by Crippen LogP contribution is -2.45. The highest BCUT2D eigenvalue weighted by Crippen LogP contribution is 2.16. The quantitative estimate of drug-likeness (QED) is 0.0322. The summed E-state index contributed by atoms with van der Waals surface area (Å²) in [5, 5.41) is 22.9. The zero-order valence-electron chi connectivity index (χ0n) is 40.9. The number of aliphatic hydroxyl groups is 2. The number of hydrogen-bond donors (Lipinski definition) is 3. The standard InChI is InChI=1S/C55H105NO5/c1-3-5-7-9-11-13-14-15-16-17-18-19-23-26-29-33-37-41-45-49-55(60)61-50-46-42-38-34-30-27-24-21-20-22-25-28-32-36-40-44-48-54(59)56-52(51-57)53(58)47-43-39-35-31-12-10-8-6-4-2/h20,22,43,47,52-53,57-58H,3-19,21,23-42,44-46,48-51H2,1-2H3,(H,56,59)/b22-20-,47-43+. The number of aliphatic hydroxyl groups excluding tert-OH is 2. The van der Waals surface area contributed by atoms with E-state index in [0.29, 0.717) is 19.4 Å². The first-order valence-electron chi connectivity index (χ1n) is 27.1. The van der Waals surface area contributed by atoms with Crippen molar-refractivity contribution >= 4 is 11.9 Å². The van der Waals surface area contributed by atoms with E-state index in [-0.39, 0.29) is 18.5 Å². The second-order valence-electron chi connectivity index (χ2n) is 18.6. The lowest BCUT2D eigenvalue weighted by Gasteiger charge is -2.20. The Bertz CT molecular complexity index is 951. The van der Waals surface area contributed by atoms with Gasteiger partial charge in [-0.25, -0.2) is 0 Å². The molecular formula is C55H105NO5. The summed E-state index contributed by atoms with van der Waals surface area (Å²) in [6.45, 7) is 4.86. The highest BCUT2D eigenvalue weighted by Gasteiger charge is 2.18. The minimum absolute atomic E-state index is 0.000363. The Hall–Kier alpha value is -1.66. The molecule has 0 fully saturated rings. The first-order chi connectivity index (χ1) is 30.0. The molecule has 0 saturated heterocycles. The maximum Gasteiger partial charge on any atom is 0.305 e. The minimum Gasteiger partial charge on any atom is -0.466 e. The molecule has 1 amide bonds. The summed E-state index contributed by atoms with van der Waals surface area (Å²) in [5.41, 5.74) is 0. The lowest BCUT2D eigenvalue weighted by molar-refractivity contribution is -0.143. The van der Waals surface area contributed by atoms with Crippen molar-refractivity contribution in [3.05, 3.63) is 24.3 Å². The molecule has 0 aliphatic heterocycles. The van der Waals surface area contributed by atoms with Gasteiger partial charge in [0.2, 0.25) is 5.91 Å². The number of esters is 1. The van der Waals surface area contributed by atoms with Gasteiger partial charge in [0.15, 0.2) is 0 Å². The van der Waals surface area contributed by atoms with Crippen LogP contribution in [0.2, 0.25) is 0 Å². The van der Waals surface area contributed by atoms with E-state index in [1.165, 1.54) is 199 Å². The van der Waals surface area contributed by atoms with E-state index in [4.69, 9.17) is 4.74 Å². The third kappa shape index (κ3) is 47.7. The SMILES string of the molecule is CCCCCCCCC/C=C/C(O)C(CO)NC(=O)CCCCCCC/C=C\CCCCCCCCCOC(=O)CCCCCCCCCCCCCCCCCCCCC. The van der Waals surface area contributed by atoms with Crippen LogP contribution in [0.15, 0.2) is 24.3 Å². The number of rotatable bonds is 50. The summed E-state index contributed by atoms with van der Waals surface area (Å²) in [7, 11) is 0. The largest absolute Gasteiger partial charge is 0.466 e. The Labute approximate surface area is 380 Å². The molecule has 0 aliphatic rings. The Balaban J connectivity index is 3.42. The molecule has 6 heteroatoms. The van der Waals surface area contributed by atoms with E-state index in [2.05, 4.69) is 31.3 Å². The van der Waals surface area contributed by atoms with Gasteiger partial charge in [-0.05, 0) is 57.8 Å². The first kappa shape index (κ1) is 59.3. The van der Waals surface area contributed by atoms with Gasteiger partial charge in [0, 0.05) is 12.8 Å². The smallest absolute Gasteiger partial charge is 0.305 e. The lowest BCUT2D eigenvalue weighted by atomic mass is 10.0. The van der Waals surface area contributed by atoms with Crippen molar-refractivity contribution in [1.82, 2.24) is 5.32 Å². The van der Waals surface area contributed by atoms with Crippen LogP contribution < -0.4 is 5.32 Å². The number of nitrogens with one attached hydrogen (secondary N) is 1. The van der Waals surface area contributed by atoms with Gasteiger partial charge >= 0.3 is 5.97 Å². The van der Waals surface area contributed by atoms with Crippen molar-refractivity contribution in [2.45, 2.75) is 302 Å². The molecule has 0 bridgehead atoms. The molecule has 0 aromatic carbocycles. The molecular weight excluding hydrogens is 755 g/mol. The molecule has 6 nitrogen and oxygen atoms in total.